The van der Waals surface area contributed by atoms with Crippen molar-refractivity contribution >= 4 is 34.0 Å². The summed E-state index contributed by atoms with van der Waals surface area (Å²) < 4.78 is 24.1. The number of anilines is 1. The van der Waals surface area contributed by atoms with Gasteiger partial charge >= 0.3 is 0 Å². The SMILES string of the molecule is COc1cc(N2CCN(C(C)(C)C)CC2)ccc1-c1cc(C2=CCCN(C(=O)CCn3ccnn3)C2)c(F)c2[nH]c(C(=O)N(C)C)cc12. The molecule has 1 fully saturated rings. The van der Waals surface area contributed by atoms with Crippen LogP contribution in [0, 0.1) is 5.82 Å². The maximum atomic E-state index is 16.5. The molecule has 48 heavy (non-hydrogen) atoms. The van der Waals surface area contributed by atoms with Crippen LogP contribution in [0.25, 0.3) is 27.6 Å². The van der Waals surface area contributed by atoms with Crippen molar-refractivity contribution in [1.29, 1.82) is 0 Å². The number of nitrogens with zero attached hydrogens (tertiary/aromatic N) is 7. The minimum atomic E-state index is -0.456. The van der Waals surface area contributed by atoms with Gasteiger partial charge in [0, 0.05) is 99.8 Å². The maximum absolute atomic E-state index is 16.5. The number of nitrogens with one attached hydrogen (secondary N) is 1. The van der Waals surface area contributed by atoms with Crippen LogP contribution in [0.3, 0.4) is 0 Å². The van der Waals surface area contributed by atoms with Crippen LogP contribution in [0.15, 0.2) is 48.8 Å². The molecule has 6 rings (SSSR count). The fourth-order valence-electron chi connectivity index (χ4n) is 6.68. The van der Waals surface area contributed by atoms with E-state index in [-0.39, 0.29) is 35.8 Å². The van der Waals surface area contributed by atoms with Crippen molar-refractivity contribution in [1.82, 2.24) is 34.7 Å². The Morgan fingerprint density at radius 2 is 1.79 bits per heavy atom. The smallest absolute Gasteiger partial charge is 0.269 e. The number of methoxy groups -OCH3 is 1. The first-order chi connectivity index (χ1) is 22.9. The summed E-state index contributed by atoms with van der Waals surface area (Å²) >= 11 is 0. The van der Waals surface area contributed by atoms with Crippen LogP contribution in [-0.2, 0) is 11.3 Å². The van der Waals surface area contributed by atoms with E-state index in [0.29, 0.717) is 41.9 Å². The Hall–Kier alpha value is -4.71. The minimum absolute atomic E-state index is 0.0304. The summed E-state index contributed by atoms with van der Waals surface area (Å²) in [4.78, 5) is 37.4. The van der Waals surface area contributed by atoms with Gasteiger partial charge in [-0.1, -0.05) is 11.3 Å². The quantitative estimate of drug-likeness (QED) is 0.288. The Morgan fingerprint density at radius 1 is 1.02 bits per heavy atom. The first-order valence-corrected chi connectivity index (χ1v) is 16.5. The van der Waals surface area contributed by atoms with Gasteiger partial charge in [0.25, 0.3) is 5.91 Å². The molecule has 2 aromatic carbocycles. The third-order valence-corrected chi connectivity index (χ3v) is 9.43. The first kappa shape index (κ1) is 33.2. The van der Waals surface area contributed by atoms with E-state index >= 15 is 4.39 Å². The number of rotatable bonds is 8. The maximum Gasteiger partial charge on any atom is 0.269 e. The zero-order valence-corrected chi connectivity index (χ0v) is 28.7. The van der Waals surface area contributed by atoms with Crippen molar-refractivity contribution in [2.45, 2.75) is 45.7 Å². The van der Waals surface area contributed by atoms with Gasteiger partial charge in [0.15, 0.2) is 5.82 Å². The summed E-state index contributed by atoms with van der Waals surface area (Å²) in [5, 5.41) is 8.34. The molecule has 1 N–H and O–H groups in total. The topological polar surface area (TPSA) is 103 Å². The highest BCUT2D eigenvalue weighted by molar-refractivity contribution is 6.05. The molecule has 0 radical (unpaired) electrons. The van der Waals surface area contributed by atoms with Gasteiger partial charge in [0.1, 0.15) is 11.4 Å². The molecule has 2 aliphatic rings. The highest BCUT2D eigenvalue weighted by atomic mass is 19.1. The lowest BCUT2D eigenvalue weighted by molar-refractivity contribution is -0.131. The van der Waals surface area contributed by atoms with E-state index in [9.17, 15) is 9.59 Å². The predicted octanol–water partition coefficient (Wildman–Crippen LogP) is 4.90. The number of ether oxygens (including phenoxy) is 1. The monoisotopic (exact) mass is 656 g/mol. The normalized spacial score (nSPS) is 15.9. The van der Waals surface area contributed by atoms with Gasteiger partial charge < -0.3 is 24.4 Å². The van der Waals surface area contributed by atoms with Crippen LogP contribution in [0.5, 0.6) is 5.75 Å². The van der Waals surface area contributed by atoms with E-state index in [1.54, 1.807) is 49.2 Å². The van der Waals surface area contributed by atoms with E-state index in [1.165, 1.54) is 4.90 Å². The average Bonchev–Trinajstić information content (AvgIpc) is 3.78. The summed E-state index contributed by atoms with van der Waals surface area (Å²) in [7, 11) is 4.98. The van der Waals surface area contributed by atoms with Crippen molar-refractivity contribution in [2.24, 2.45) is 0 Å². The molecule has 4 heterocycles. The number of benzene rings is 2. The molecule has 0 saturated carbocycles. The second-order valence-corrected chi connectivity index (χ2v) is 13.7. The molecule has 2 aromatic heterocycles. The van der Waals surface area contributed by atoms with Gasteiger partial charge in [-0.2, -0.15) is 0 Å². The number of aryl methyl sites for hydroxylation is 1. The van der Waals surface area contributed by atoms with Gasteiger partial charge in [-0.25, -0.2) is 4.39 Å². The second kappa shape index (κ2) is 13.4. The zero-order chi connectivity index (χ0) is 34.2. The minimum Gasteiger partial charge on any atom is -0.496 e. The molecule has 12 heteroatoms. The standard InChI is InChI=1S/C36H45FN8O3/c1-36(2,3)44-18-16-42(17-19-44)25-9-10-26(31(20-25)48-6)28-21-27(33(37)34-29(28)22-30(39-34)35(47)41(4)5)24-8-7-13-43(23-24)32(46)11-14-45-15-12-38-40-45/h8-10,12,15,20-22,39H,7,11,13-14,16-19,23H2,1-6H3. The molecular weight excluding hydrogens is 611 g/mol. The van der Waals surface area contributed by atoms with Crippen molar-refractivity contribution in [3.05, 3.63) is 65.9 Å². The van der Waals surface area contributed by atoms with Crippen LogP contribution < -0.4 is 9.64 Å². The number of piperazine rings is 1. The fourth-order valence-corrected chi connectivity index (χ4v) is 6.68. The molecule has 11 nitrogen and oxygen atoms in total. The number of aromatic amines is 1. The summed E-state index contributed by atoms with van der Waals surface area (Å²) in [6.45, 7) is 11.7. The van der Waals surface area contributed by atoms with Crippen LogP contribution in [-0.4, -0.2) is 113 Å². The summed E-state index contributed by atoms with van der Waals surface area (Å²) in [5.74, 6) is -0.0798. The Bertz CT molecular complexity index is 1830. The number of carbonyl (C=O) groups is 2. The zero-order valence-electron chi connectivity index (χ0n) is 28.7. The van der Waals surface area contributed by atoms with Crippen LogP contribution >= 0.6 is 0 Å². The molecule has 0 aliphatic carbocycles. The van der Waals surface area contributed by atoms with Gasteiger partial charge in [-0.3, -0.25) is 19.2 Å². The number of carbonyl (C=O) groups excluding carboxylic acids is 2. The third-order valence-electron chi connectivity index (χ3n) is 9.43. The Morgan fingerprint density at radius 3 is 2.46 bits per heavy atom. The lowest BCUT2D eigenvalue weighted by Crippen LogP contribution is -2.53. The lowest BCUT2D eigenvalue weighted by atomic mass is 9.92. The van der Waals surface area contributed by atoms with Crippen molar-refractivity contribution in [3.8, 4) is 16.9 Å². The van der Waals surface area contributed by atoms with Crippen LogP contribution in [0.2, 0.25) is 0 Å². The summed E-state index contributed by atoms with van der Waals surface area (Å²) in [6, 6.07) is 9.72. The molecule has 0 spiro atoms. The van der Waals surface area contributed by atoms with E-state index in [1.807, 2.05) is 24.3 Å². The number of aromatic nitrogens is 4. The lowest BCUT2D eigenvalue weighted by Gasteiger charge is -2.43. The number of hydrogen-bond donors (Lipinski definition) is 1. The van der Waals surface area contributed by atoms with Gasteiger partial charge in [0.05, 0.1) is 25.4 Å². The van der Waals surface area contributed by atoms with Crippen molar-refractivity contribution < 1.29 is 18.7 Å². The third kappa shape index (κ3) is 6.66. The van der Waals surface area contributed by atoms with Gasteiger partial charge in [-0.05, 0) is 62.6 Å². The molecule has 0 bridgehead atoms. The number of H-pyrrole nitrogens is 1. The molecule has 4 aromatic rings. The summed E-state index contributed by atoms with van der Waals surface area (Å²) in [6.07, 6.45) is 6.18. The molecule has 0 unspecified atom stereocenters. The summed E-state index contributed by atoms with van der Waals surface area (Å²) in [5.41, 5.74) is 4.37. The molecular formula is C36H45FN8O3. The largest absolute Gasteiger partial charge is 0.496 e. The number of fused-ring (bicyclic) bond motifs is 1. The molecule has 0 atom stereocenters. The second-order valence-electron chi connectivity index (χ2n) is 13.7. The van der Waals surface area contributed by atoms with Crippen molar-refractivity contribution in [2.75, 3.05) is 65.4 Å². The molecule has 2 aliphatic heterocycles. The predicted molar refractivity (Wildman–Crippen MR) is 186 cm³/mol. The number of amides is 2. The Kier molecular flexibility index (Phi) is 9.28. The average molecular weight is 657 g/mol. The van der Waals surface area contributed by atoms with Crippen LogP contribution in [0.4, 0.5) is 10.1 Å². The Labute approximate surface area is 280 Å². The van der Waals surface area contributed by atoms with Crippen LogP contribution in [0.1, 0.15) is 49.7 Å². The van der Waals surface area contributed by atoms with E-state index < -0.39 is 5.82 Å². The number of hydrogen-bond acceptors (Lipinski definition) is 7. The van der Waals surface area contributed by atoms with Gasteiger partial charge in [-0.15, -0.1) is 5.10 Å². The Balaban J connectivity index is 1.36. The van der Waals surface area contributed by atoms with Crippen molar-refractivity contribution in [3.63, 3.8) is 0 Å². The van der Waals surface area contributed by atoms with Gasteiger partial charge in [0.2, 0.25) is 5.91 Å². The number of halogens is 1. The highest BCUT2D eigenvalue weighted by Gasteiger charge is 2.28. The van der Waals surface area contributed by atoms with E-state index in [0.717, 1.165) is 48.6 Å². The molecule has 254 valence electrons. The first-order valence-electron chi connectivity index (χ1n) is 16.5. The highest BCUT2D eigenvalue weighted by Crippen LogP contribution is 2.41. The molecule has 1 saturated heterocycles. The molecule has 2 amide bonds. The fraction of sp³-hybridized carbons (Fsp3) is 0.444. The van der Waals surface area contributed by atoms with E-state index in [2.05, 4.69) is 51.9 Å². The van der Waals surface area contributed by atoms with E-state index in [4.69, 9.17) is 4.74 Å².